The van der Waals surface area contributed by atoms with E-state index in [1.165, 1.54) is 11.3 Å². The van der Waals surface area contributed by atoms with Crippen molar-refractivity contribution >= 4 is 22.4 Å². The van der Waals surface area contributed by atoms with E-state index in [2.05, 4.69) is 15.6 Å². The normalized spacial score (nSPS) is 18.3. The van der Waals surface area contributed by atoms with E-state index in [-0.39, 0.29) is 11.8 Å². The van der Waals surface area contributed by atoms with Crippen LogP contribution < -0.4 is 10.6 Å². The van der Waals surface area contributed by atoms with Gasteiger partial charge in [0.1, 0.15) is 0 Å². The van der Waals surface area contributed by atoms with Gasteiger partial charge in [0.2, 0.25) is 5.91 Å². The summed E-state index contributed by atoms with van der Waals surface area (Å²) in [4.78, 5) is 16.0. The van der Waals surface area contributed by atoms with Gasteiger partial charge in [-0.1, -0.05) is 6.92 Å². The third-order valence-electron chi connectivity index (χ3n) is 2.78. The minimum atomic E-state index is 0.0652. The maximum absolute atomic E-state index is 11.8. The summed E-state index contributed by atoms with van der Waals surface area (Å²) in [6.45, 7) is 5.80. The van der Waals surface area contributed by atoms with Crippen LogP contribution in [0.15, 0.2) is 5.38 Å². The summed E-state index contributed by atoms with van der Waals surface area (Å²) in [6, 6.07) is 0. The van der Waals surface area contributed by atoms with Gasteiger partial charge in [-0.25, -0.2) is 4.98 Å². The van der Waals surface area contributed by atoms with Gasteiger partial charge < -0.3 is 10.6 Å². The lowest BCUT2D eigenvalue weighted by Gasteiger charge is -2.31. The molecule has 1 atom stereocenters. The number of hydrogen-bond acceptors (Lipinski definition) is 4. The number of aryl methyl sites for hydroxylation is 1. The standard InChI is InChI=1S/C10H15N3OS/c1-6-5-15-10(12-6)13-9(14)7(2)8-3-11-4-8/h5,7-8,11H,3-4H2,1-2H3,(H,12,13,14). The molecule has 2 rings (SSSR count). The fourth-order valence-corrected chi connectivity index (χ4v) is 2.20. The van der Waals surface area contributed by atoms with Crippen LogP contribution in [0.25, 0.3) is 0 Å². The zero-order valence-corrected chi connectivity index (χ0v) is 9.73. The fourth-order valence-electron chi connectivity index (χ4n) is 1.51. The van der Waals surface area contributed by atoms with Crippen LogP contribution >= 0.6 is 11.3 Å². The number of hydrogen-bond donors (Lipinski definition) is 2. The molecular weight excluding hydrogens is 210 g/mol. The summed E-state index contributed by atoms with van der Waals surface area (Å²) < 4.78 is 0. The Balaban J connectivity index is 1.91. The van der Waals surface area contributed by atoms with Crippen LogP contribution in [0.1, 0.15) is 12.6 Å². The van der Waals surface area contributed by atoms with Gasteiger partial charge in [-0.15, -0.1) is 11.3 Å². The Kier molecular flexibility index (Phi) is 3.02. The molecule has 1 amide bonds. The van der Waals surface area contributed by atoms with Gasteiger partial charge in [0.15, 0.2) is 5.13 Å². The molecule has 0 radical (unpaired) electrons. The van der Waals surface area contributed by atoms with Gasteiger partial charge in [0, 0.05) is 11.3 Å². The number of aromatic nitrogens is 1. The van der Waals surface area contributed by atoms with Gasteiger partial charge in [-0.2, -0.15) is 0 Å². The first kappa shape index (κ1) is 10.6. The van der Waals surface area contributed by atoms with E-state index in [0.717, 1.165) is 18.8 Å². The molecule has 0 bridgehead atoms. The van der Waals surface area contributed by atoms with Crippen LogP contribution in [0.4, 0.5) is 5.13 Å². The van der Waals surface area contributed by atoms with Gasteiger partial charge >= 0.3 is 0 Å². The SMILES string of the molecule is Cc1csc(NC(=O)C(C)C2CNC2)n1. The molecule has 0 saturated carbocycles. The topological polar surface area (TPSA) is 54.0 Å². The summed E-state index contributed by atoms with van der Waals surface area (Å²) in [5.74, 6) is 0.623. The summed E-state index contributed by atoms with van der Waals surface area (Å²) in [6.07, 6.45) is 0. The van der Waals surface area contributed by atoms with Crippen molar-refractivity contribution in [1.29, 1.82) is 0 Å². The number of amides is 1. The quantitative estimate of drug-likeness (QED) is 0.814. The third-order valence-corrected chi connectivity index (χ3v) is 3.66. The lowest BCUT2D eigenvalue weighted by atomic mass is 9.88. The van der Waals surface area contributed by atoms with Crippen molar-refractivity contribution in [2.24, 2.45) is 11.8 Å². The molecular formula is C10H15N3OS. The molecule has 0 aromatic carbocycles. The second kappa shape index (κ2) is 4.28. The van der Waals surface area contributed by atoms with E-state index in [0.29, 0.717) is 11.0 Å². The first-order valence-electron chi connectivity index (χ1n) is 5.10. The molecule has 1 fully saturated rings. The summed E-state index contributed by atoms with van der Waals surface area (Å²) in [5.41, 5.74) is 0.952. The largest absolute Gasteiger partial charge is 0.316 e. The molecule has 82 valence electrons. The van der Waals surface area contributed by atoms with E-state index in [1.807, 2.05) is 19.2 Å². The van der Waals surface area contributed by atoms with Crippen molar-refractivity contribution in [3.8, 4) is 0 Å². The number of nitrogens with one attached hydrogen (secondary N) is 2. The average molecular weight is 225 g/mol. The zero-order valence-electron chi connectivity index (χ0n) is 8.91. The fraction of sp³-hybridized carbons (Fsp3) is 0.600. The van der Waals surface area contributed by atoms with Gasteiger partial charge in [-0.05, 0) is 25.9 Å². The number of rotatable bonds is 3. The third kappa shape index (κ3) is 2.35. The van der Waals surface area contributed by atoms with Crippen LogP contribution in [0.3, 0.4) is 0 Å². The predicted molar refractivity (Wildman–Crippen MR) is 61.0 cm³/mol. The number of thiazole rings is 1. The highest BCUT2D eigenvalue weighted by atomic mass is 32.1. The number of carbonyl (C=O) groups excluding carboxylic acids is 1. The van der Waals surface area contributed by atoms with Crippen molar-refractivity contribution in [2.45, 2.75) is 13.8 Å². The second-order valence-electron chi connectivity index (χ2n) is 3.99. The Hall–Kier alpha value is -0.940. The monoisotopic (exact) mass is 225 g/mol. The molecule has 2 heterocycles. The molecule has 1 unspecified atom stereocenters. The summed E-state index contributed by atoms with van der Waals surface area (Å²) in [5, 5.41) is 8.67. The van der Waals surface area contributed by atoms with Crippen molar-refractivity contribution in [3.05, 3.63) is 11.1 Å². The predicted octanol–water partition coefficient (Wildman–Crippen LogP) is 1.25. The minimum absolute atomic E-state index is 0.0652. The molecule has 1 saturated heterocycles. The van der Waals surface area contributed by atoms with Gasteiger partial charge in [0.25, 0.3) is 0 Å². The summed E-state index contributed by atoms with van der Waals surface area (Å²) >= 11 is 1.47. The van der Waals surface area contributed by atoms with Crippen LogP contribution in [0, 0.1) is 18.8 Å². The lowest BCUT2D eigenvalue weighted by Crippen LogP contribution is -2.48. The Labute approximate surface area is 93.1 Å². The smallest absolute Gasteiger partial charge is 0.229 e. The Morgan fingerprint density at radius 1 is 1.73 bits per heavy atom. The Bertz CT molecular complexity index is 359. The summed E-state index contributed by atoms with van der Waals surface area (Å²) in [7, 11) is 0. The van der Waals surface area contributed by atoms with Crippen LogP contribution in [-0.4, -0.2) is 24.0 Å². The highest BCUT2D eigenvalue weighted by molar-refractivity contribution is 7.13. The first-order valence-corrected chi connectivity index (χ1v) is 5.98. The zero-order chi connectivity index (χ0) is 10.8. The van der Waals surface area contributed by atoms with Crippen molar-refractivity contribution in [3.63, 3.8) is 0 Å². The molecule has 1 aliphatic heterocycles. The second-order valence-corrected chi connectivity index (χ2v) is 4.85. The minimum Gasteiger partial charge on any atom is -0.316 e. The van der Waals surface area contributed by atoms with E-state index in [1.54, 1.807) is 0 Å². The van der Waals surface area contributed by atoms with Gasteiger partial charge in [0.05, 0.1) is 5.69 Å². The van der Waals surface area contributed by atoms with Crippen molar-refractivity contribution in [2.75, 3.05) is 18.4 Å². The molecule has 5 heteroatoms. The highest BCUT2D eigenvalue weighted by Gasteiger charge is 2.28. The van der Waals surface area contributed by atoms with E-state index in [9.17, 15) is 4.79 Å². The molecule has 0 spiro atoms. The molecule has 4 nitrogen and oxygen atoms in total. The Morgan fingerprint density at radius 2 is 2.47 bits per heavy atom. The highest BCUT2D eigenvalue weighted by Crippen LogP contribution is 2.20. The number of carbonyl (C=O) groups is 1. The van der Waals surface area contributed by atoms with Crippen LogP contribution in [0.5, 0.6) is 0 Å². The maximum Gasteiger partial charge on any atom is 0.229 e. The van der Waals surface area contributed by atoms with Crippen molar-refractivity contribution < 1.29 is 4.79 Å². The first-order chi connectivity index (χ1) is 7.16. The molecule has 15 heavy (non-hydrogen) atoms. The lowest BCUT2D eigenvalue weighted by molar-refractivity contribution is -0.121. The Morgan fingerprint density at radius 3 is 2.93 bits per heavy atom. The molecule has 1 aromatic heterocycles. The van der Waals surface area contributed by atoms with Crippen LogP contribution in [-0.2, 0) is 4.79 Å². The average Bonchev–Trinajstić information content (AvgIpc) is 2.48. The molecule has 1 aromatic rings. The van der Waals surface area contributed by atoms with E-state index < -0.39 is 0 Å². The van der Waals surface area contributed by atoms with Gasteiger partial charge in [-0.3, -0.25) is 4.79 Å². The van der Waals surface area contributed by atoms with E-state index in [4.69, 9.17) is 0 Å². The molecule has 0 aliphatic carbocycles. The number of nitrogens with zero attached hydrogens (tertiary/aromatic N) is 1. The van der Waals surface area contributed by atoms with Crippen LogP contribution in [0.2, 0.25) is 0 Å². The van der Waals surface area contributed by atoms with E-state index >= 15 is 0 Å². The van der Waals surface area contributed by atoms with Crippen molar-refractivity contribution in [1.82, 2.24) is 10.3 Å². The maximum atomic E-state index is 11.8. The molecule has 1 aliphatic rings. The molecule has 2 N–H and O–H groups in total. The number of anilines is 1.